The zero-order valence-electron chi connectivity index (χ0n) is 40.6. The fourth-order valence-electron chi connectivity index (χ4n) is 6.20. The van der Waals surface area contributed by atoms with Gasteiger partial charge in [0.1, 0.15) is 11.5 Å². The molecule has 0 N–H and O–H groups in total. The van der Waals surface area contributed by atoms with Crippen LogP contribution in [-0.4, -0.2) is 11.7 Å². The molecule has 0 bridgehead atoms. The van der Waals surface area contributed by atoms with Crippen molar-refractivity contribution in [3.05, 3.63) is 163 Å². The number of furan rings is 1. The highest BCUT2D eigenvalue weighted by atomic mass is 16.3. The van der Waals surface area contributed by atoms with Gasteiger partial charge in [-0.15, -0.1) is 0 Å². The van der Waals surface area contributed by atoms with Crippen molar-refractivity contribution in [3.63, 3.8) is 0 Å². The van der Waals surface area contributed by atoms with Crippen molar-refractivity contribution in [1.82, 2.24) is 4.98 Å². The van der Waals surface area contributed by atoms with Gasteiger partial charge in [-0.05, 0) is 56.7 Å². The number of aromatic nitrogens is 1. The predicted molar refractivity (Wildman–Crippen MR) is 208 cm³/mol. The zero-order valence-corrected chi connectivity index (χ0v) is 25.6. The first kappa shape index (κ1) is 17.0. The first-order valence-electron chi connectivity index (χ1n) is 22.7. The summed E-state index contributed by atoms with van der Waals surface area (Å²) in [5, 5.41) is 0.381. The number of hydrogen-bond donors (Lipinski definition) is 0. The van der Waals surface area contributed by atoms with Gasteiger partial charge in [-0.3, -0.25) is 4.99 Å². The van der Waals surface area contributed by atoms with Gasteiger partial charge in [0.05, 0.1) is 37.5 Å². The molecule has 2 heterocycles. The third-order valence-corrected chi connectivity index (χ3v) is 8.46. The van der Waals surface area contributed by atoms with Gasteiger partial charge in [-0.25, -0.2) is 4.98 Å². The molecule has 3 nitrogen and oxygen atoms in total. The van der Waals surface area contributed by atoms with Crippen LogP contribution < -0.4 is 0 Å². The van der Waals surface area contributed by atoms with E-state index in [4.69, 9.17) is 27.2 Å². The first-order valence-corrected chi connectivity index (χ1v) is 15.2. The number of benzene rings is 7. The van der Waals surface area contributed by atoms with Crippen molar-refractivity contribution in [2.75, 3.05) is 0 Å². The van der Waals surface area contributed by atoms with Gasteiger partial charge >= 0.3 is 0 Å². The van der Waals surface area contributed by atoms with Crippen LogP contribution in [0.2, 0.25) is 0 Å². The van der Waals surface area contributed by atoms with Crippen molar-refractivity contribution in [2.24, 2.45) is 4.99 Å². The zero-order chi connectivity index (χ0) is 46.0. The smallest absolute Gasteiger partial charge is 0.143 e. The molecule has 9 aromatic rings. The second-order valence-electron chi connectivity index (χ2n) is 11.1. The van der Waals surface area contributed by atoms with Gasteiger partial charge in [0.15, 0.2) is 0 Å². The van der Waals surface area contributed by atoms with Gasteiger partial charge in [-0.2, -0.15) is 0 Å². The highest BCUT2D eigenvalue weighted by molar-refractivity contribution is 6.09. The van der Waals surface area contributed by atoms with E-state index in [2.05, 4.69) is 18.3 Å². The van der Waals surface area contributed by atoms with Crippen LogP contribution in [0.1, 0.15) is 26.1 Å². The summed E-state index contributed by atoms with van der Waals surface area (Å²) in [7, 11) is 0. The van der Waals surface area contributed by atoms with E-state index in [-0.39, 0.29) is 38.6 Å². The van der Waals surface area contributed by atoms with Crippen molar-refractivity contribution in [3.8, 4) is 45.0 Å². The molecule has 0 amide bonds. The lowest BCUT2D eigenvalue weighted by Crippen LogP contribution is -1.91. The van der Waals surface area contributed by atoms with Gasteiger partial charge in [0, 0.05) is 33.2 Å². The number of nitrogens with zero attached hydrogens (tertiary/aromatic N) is 2. The Morgan fingerprint density at radius 1 is 0.592 bits per heavy atom. The third kappa shape index (κ3) is 4.67. The average Bonchev–Trinajstić information content (AvgIpc) is 3.63. The fraction of sp³-hybridized carbons (Fsp3) is 0. The Bertz CT molecular complexity index is 3600. The van der Waals surface area contributed by atoms with Gasteiger partial charge in [-0.1, -0.05) is 152 Å². The second kappa shape index (κ2) is 11.6. The summed E-state index contributed by atoms with van der Waals surface area (Å²) in [6, 6.07) is 7.91. The maximum Gasteiger partial charge on any atom is 0.143 e. The van der Waals surface area contributed by atoms with Crippen molar-refractivity contribution in [1.29, 1.82) is 0 Å². The van der Waals surface area contributed by atoms with E-state index in [0.29, 0.717) is 33.2 Å². The molecule has 0 spiro atoms. The fourth-order valence-corrected chi connectivity index (χ4v) is 6.20. The molecule has 9 rings (SSSR count). The van der Waals surface area contributed by atoms with E-state index in [1.54, 1.807) is 36.4 Å². The standard InChI is InChI=1S/C46H30N2O/c1-3-29-22-23-32-24-27-42(48-45(32)44(29)47-2)38-26-25-37(35-18-8-9-19-36(35)38)41-28-43(39-20-10-14-30-12-4-6-16-33(30)39)49-46(41)40-21-11-15-31-13-5-7-17-34(31)40/h3-28H,1-2H2/i4D,5D,6D,7D,10D,11D,12D,13D,14D,15D,16D,17D,20D,21D,28D. The van der Waals surface area contributed by atoms with Crippen LogP contribution in [-0.2, 0) is 0 Å². The average molecular weight is 642 g/mol. The maximum absolute atomic E-state index is 9.91. The number of rotatable bonds is 6. The van der Waals surface area contributed by atoms with Crippen LogP contribution >= 0.6 is 0 Å². The molecule has 7 aromatic carbocycles. The van der Waals surface area contributed by atoms with Crippen molar-refractivity contribution in [2.45, 2.75) is 0 Å². The molecule has 0 aliphatic rings. The summed E-state index contributed by atoms with van der Waals surface area (Å²) in [5.74, 6) is -0.899. The Morgan fingerprint density at radius 3 is 1.96 bits per heavy atom. The van der Waals surface area contributed by atoms with E-state index in [1.807, 2.05) is 30.3 Å². The van der Waals surface area contributed by atoms with Crippen molar-refractivity contribution >= 4 is 61.7 Å². The van der Waals surface area contributed by atoms with E-state index in [9.17, 15) is 2.74 Å². The number of aliphatic imine (C=N–C) groups is 1. The summed E-state index contributed by atoms with van der Waals surface area (Å²) in [6.45, 7) is 7.63. The molecule has 0 aliphatic carbocycles. The molecule has 0 saturated carbocycles. The third-order valence-electron chi connectivity index (χ3n) is 8.46. The Kier molecular flexibility index (Phi) is 4.02. The van der Waals surface area contributed by atoms with Crippen LogP contribution in [0.25, 0.3) is 94.3 Å². The minimum atomic E-state index is -0.730. The minimum Gasteiger partial charge on any atom is -0.455 e. The SMILES string of the molecule is [2H]c1c(-c2c([2H])c([2H])c([2H])c3c([2H])c([2H])c([2H])c([2H])c23)oc(-c2c([2H])c([2H])c([2H])c3c([2H])c([2H])c([2H])c([2H])c23)c1-c1ccc(-c2ccc3ccc(C=C)c(N=C)c3n2)c2ccccc12. The topological polar surface area (TPSA) is 38.4 Å². The van der Waals surface area contributed by atoms with E-state index < -0.39 is 107 Å². The number of pyridine rings is 1. The van der Waals surface area contributed by atoms with E-state index in [1.165, 1.54) is 0 Å². The Hall–Kier alpha value is -6.58. The van der Waals surface area contributed by atoms with Crippen LogP contribution in [0.3, 0.4) is 0 Å². The molecule has 3 heteroatoms. The van der Waals surface area contributed by atoms with Crippen LogP contribution in [0, 0.1) is 0 Å². The van der Waals surface area contributed by atoms with Gasteiger partial charge in [0.2, 0.25) is 0 Å². The van der Waals surface area contributed by atoms with Crippen LogP contribution in [0.4, 0.5) is 5.69 Å². The monoisotopic (exact) mass is 641 g/mol. The summed E-state index contributed by atoms with van der Waals surface area (Å²) < 4.78 is 139. The quantitative estimate of drug-likeness (QED) is 0.169. The van der Waals surface area contributed by atoms with Crippen LogP contribution in [0.15, 0.2) is 167 Å². The Labute approximate surface area is 305 Å². The molecule has 0 atom stereocenters. The van der Waals surface area contributed by atoms with Gasteiger partial charge < -0.3 is 4.42 Å². The molecular formula is C46H30N2O. The van der Waals surface area contributed by atoms with Crippen molar-refractivity contribution < 1.29 is 25.0 Å². The van der Waals surface area contributed by atoms with E-state index >= 15 is 0 Å². The molecule has 0 aliphatic heterocycles. The highest BCUT2D eigenvalue weighted by Gasteiger charge is 2.22. The predicted octanol–water partition coefficient (Wildman–Crippen LogP) is 12.9. The normalized spacial score (nSPS) is 15.7. The summed E-state index contributed by atoms with van der Waals surface area (Å²) >= 11 is 0. The molecular weight excluding hydrogens is 597 g/mol. The molecule has 230 valence electrons. The summed E-state index contributed by atoms with van der Waals surface area (Å²) in [4.78, 5) is 9.23. The Morgan fingerprint density at radius 2 is 1.22 bits per heavy atom. The molecule has 2 aromatic heterocycles. The number of fused-ring (bicyclic) bond motifs is 4. The molecule has 0 unspecified atom stereocenters. The van der Waals surface area contributed by atoms with Gasteiger partial charge in [0.25, 0.3) is 0 Å². The second-order valence-corrected chi connectivity index (χ2v) is 11.1. The lowest BCUT2D eigenvalue weighted by atomic mass is 9.91. The van der Waals surface area contributed by atoms with Crippen LogP contribution in [0.5, 0.6) is 0 Å². The summed E-state index contributed by atoms with van der Waals surface area (Å²) in [5.41, 5.74) is 2.37. The lowest BCUT2D eigenvalue weighted by Gasteiger charge is -2.13. The maximum atomic E-state index is 9.91. The minimum absolute atomic E-state index is 0.104. The summed E-state index contributed by atoms with van der Waals surface area (Å²) in [6.07, 6.45) is 1.66. The molecule has 0 saturated heterocycles. The molecule has 0 fully saturated rings. The molecule has 49 heavy (non-hydrogen) atoms. The first-order chi connectivity index (χ1) is 30.5. The van der Waals surface area contributed by atoms with E-state index in [0.717, 1.165) is 10.9 Å². The highest BCUT2D eigenvalue weighted by Crippen LogP contribution is 2.46. The lowest BCUT2D eigenvalue weighted by molar-refractivity contribution is 0.599. The number of hydrogen-bond acceptors (Lipinski definition) is 3. The molecule has 0 radical (unpaired) electrons. The largest absolute Gasteiger partial charge is 0.455 e. The Balaban J connectivity index is 1.46.